The predicted molar refractivity (Wildman–Crippen MR) is 134 cm³/mol. The Morgan fingerprint density at radius 1 is 0.938 bits per heavy atom. The number of methoxy groups -OCH3 is 1. The summed E-state index contributed by atoms with van der Waals surface area (Å²) in [5.74, 6) is 4.16. The molecule has 2 N–H and O–H groups in total. The van der Waals surface area contributed by atoms with Crippen molar-refractivity contribution in [2.24, 2.45) is 4.99 Å². The number of hydrogen-bond acceptors (Lipinski definition) is 5. The van der Waals surface area contributed by atoms with Crippen molar-refractivity contribution >= 4 is 29.9 Å². The number of ether oxygens (including phenoxy) is 3. The molecule has 0 saturated heterocycles. The van der Waals surface area contributed by atoms with Gasteiger partial charge in [-0.15, -0.1) is 24.0 Å². The fourth-order valence-electron chi connectivity index (χ4n) is 3.26. The zero-order valence-electron chi connectivity index (χ0n) is 18.0. The van der Waals surface area contributed by atoms with Gasteiger partial charge in [-0.05, 0) is 53.9 Å². The quantitative estimate of drug-likeness (QED) is 0.237. The number of furan rings is 1. The van der Waals surface area contributed by atoms with Crippen molar-refractivity contribution in [1.29, 1.82) is 0 Å². The van der Waals surface area contributed by atoms with Crippen LogP contribution in [0.5, 0.6) is 17.2 Å². The van der Waals surface area contributed by atoms with Gasteiger partial charge < -0.3 is 29.3 Å². The number of hydrogen-bond donors (Lipinski definition) is 2. The maximum absolute atomic E-state index is 5.46. The minimum atomic E-state index is 0. The van der Waals surface area contributed by atoms with Crippen LogP contribution in [0, 0.1) is 0 Å². The lowest BCUT2D eigenvalue weighted by atomic mass is 10.1. The van der Waals surface area contributed by atoms with Crippen molar-refractivity contribution in [3.63, 3.8) is 0 Å². The van der Waals surface area contributed by atoms with Gasteiger partial charge in [0.15, 0.2) is 17.5 Å². The van der Waals surface area contributed by atoms with Gasteiger partial charge in [0.2, 0.25) is 6.79 Å². The van der Waals surface area contributed by atoms with Crippen molar-refractivity contribution in [2.45, 2.75) is 19.4 Å². The van der Waals surface area contributed by atoms with Crippen molar-refractivity contribution in [1.82, 2.24) is 10.6 Å². The van der Waals surface area contributed by atoms with E-state index in [1.807, 2.05) is 48.5 Å². The van der Waals surface area contributed by atoms with Crippen LogP contribution in [0.2, 0.25) is 0 Å². The summed E-state index contributed by atoms with van der Waals surface area (Å²) >= 11 is 0. The lowest BCUT2D eigenvalue weighted by molar-refractivity contribution is 0.174. The van der Waals surface area contributed by atoms with Gasteiger partial charge in [-0.1, -0.05) is 18.2 Å². The molecule has 1 aliphatic rings. The number of benzene rings is 2. The normalized spacial score (nSPS) is 12.2. The third kappa shape index (κ3) is 6.81. The summed E-state index contributed by atoms with van der Waals surface area (Å²) in [7, 11) is 1.66. The Morgan fingerprint density at radius 2 is 1.69 bits per heavy atom. The maximum atomic E-state index is 5.46. The summed E-state index contributed by atoms with van der Waals surface area (Å²) in [4.78, 5) is 4.74. The molecule has 2 heterocycles. The first-order valence-corrected chi connectivity index (χ1v) is 10.4. The van der Waals surface area contributed by atoms with E-state index in [1.165, 1.54) is 5.56 Å². The molecule has 0 radical (unpaired) electrons. The molecule has 3 aromatic rings. The highest BCUT2D eigenvalue weighted by molar-refractivity contribution is 14.0. The highest BCUT2D eigenvalue weighted by atomic mass is 127. The maximum Gasteiger partial charge on any atom is 0.231 e. The number of halogens is 1. The molecule has 2 aromatic carbocycles. The Labute approximate surface area is 205 Å². The molecule has 0 saturated carbocycles. The molecular weight excluding hydrogens is 521 g/mol. The summed E-state index contributed by atoms with van der Waals surface area (Å²) in [6.07, 6.45) is 3.33. The molecule has 0 fully saturated rings. The first-order valence-electron chi connectivity index (χ1n) is 10.4. The molecule has 4 rings (SSSR count). The standard InChI is InChI=1S/C24H27N3O4.HI/c1-28-20-7-4-19(5-8-20)16-27-24(26-13-11-21-3-2-14-29-21)25-12-10-18-6-9-22-23(15-18)31-17-30-22;/h2-9,14-15H,10-13,16-17H2,1H3,(H2,25,26,27);1H. The van der Waals surface area contributed by atoms with Gasteiger partial charge >= 0.3 is 0 Å². The van der Waals surface area contributed by atoms with E-state index in [9.17, 15) is 0 Å². The van der Waals surface area contributed by atoms with Gasteiger partial charge in [-0.25, -0.2) is 4.99 Å². The number of nitrogens with zero attached hydrogens (tertiary/aromatic N) is 1. The highest BCUT2D eigenvalue weighted by Gasteiger charge is 2.13. The SMILES string of the molecule is COc1ccc(CN=C(NCCc2ccc3c(c2)OCO3)NCCc2ccco2)cc1.I. The molecule has 1 aromatic heterocycles. The molecule has 170 valence electrons. The van der Waals surface area contributed by atoms with Crippen LogP contribution in [0.25, 0.3) is 0 Å². The monoisotopic (exact) mass is 549 g/mol. The second kappa shape index (κ2) is 12.2. The number of fused-ring (bicyclic) bond motifs is 1. The fraction of sp³-hybridized carbons (Fsp3) is 0.292. The van der Waals surface area contributed by atoms with Gasteiger partial charge in [0.05, 0.1) is 19.9 Å². The highest BCUT2D eigenvalue weighted by Crippen LogP contribution is 2.32. The Bertz CT molecular complexity index is 991. The summed E-state index contributed by atoms with van der Waals surface area (Å²) in [5.41, 5.74) is 2.30. The Morgan fingerprint density at radius 3 is 2.44 bits per heavy atom. The lowest BCUT2D eigenvalue weighted by Gasteiger charge is -2.13. The van der Waals surface area contributed by atoms with E-state index >= 15 is 0 Å². The zero-order valence-corrected chi connectivity index (χ0v) is 20.3. The van der Waals surface area contributed by atoms with Crippen LogP contribution >= 0.6 is 24.0 Å². The van der Waals surface area contributed by atoms with E-state index in [2.05, 4.69) is 16.7 Å². The molecule has 1 aliphatic heterocycles. The third-order valence-corrected chi connectivity index (χ3v) is 4.97. The van der Waals surface area contributed by atoms with Crippen molar-refractivity contribution in [3.8, 4) is 17.2 Å². The van der Waals surface area contributed by atoms with Gasteiger partial charge in [-0.3, -0.25) is 0 Å². The summed E-state index contributed by atoms with van der Waals surface area (Å²) in [5, 5.41) is 6.81. The molecule has 7 nitrogen and oxygen atoms in total. The number of nitrogens with one attached hydrogen (secondary N) is 2. The van der Waals surface area contributed by atoms with Crippen LogP contribution in [0.3, 0.4) is 0 Å². The van der Waals surface area contributed by atoms with Crippen LogP contribution in [0.1, 0.15) is 16.9 Å². The van der Waals surface area contributed by atoms with Crippen molar-refractivity contribution in [3.05, 3.63) is 77.7 Å². The van der Waals surface area contributed by atoms with Gasteiger partial charge in [0.1, 0.15) is 11.5 Å². The molecule has 0 aliphatic carbocycles. The summed E-state index contributed by atoms with van der Waals surface area (Å²) in [6, 6.07) is 17.9. The minimum Gasteiger partial charge on any atom is -0.497 e. The van der Waals surface area contributed by atoms with E-state index in [0.717, 1.165) is 60.5 Å². The van der Waals surface area contributed by atoms with Crippen LogP contribution in [-0.4, -0.2) is 33.0 Å². The predicted octanol–water partition coefficient (Wildman–Crippen LogP) is 4.16. The van der Waals surface area contributed by atoms with E-state index in [4.69, 9.17) is 23.6 Å². The molecule has 8 heteroatoms. The van der Waals surface area contributed by atoms with E-state index < -0.39 is 0 Å². The van der Waals surface area contributed by atoms with Gasteiger partial charge in [0, 0.05) is 19.5 Å². The minimum absolute atomic E-state index is 0. The lowest BCUT2D eigenvalue weighted by Crippen LogP contribution is -2.39. The average Bonchev–Trinajstić information content (AvgIpc) is 3.49. The van der Waals surface area contributed by atoms with Gasteiger partial charge in [0.25, 0.3) is 0 Å². The fourth-order valence-corrected chi connectivity index (χ4v) is 3.26. The van der Waals surface area contributed by atoms with Gasteiger partial charge in [-0.2, -0.15) is 0 Å². The number of rotatable bonds is 9. The van der Waals surface area contributed by atoms with Crippen LogP contribution in [0.4, 0.5) is 0 Å². The Balaban J connectivity index is 0.00000289. The first-order chi connectivity index (χ1) is 15.3. The molecule has 0 bridgehead atoms. The molecule has 32 heavy (non-hydrogen) atoms. The molecule has 0 spiro atoms. The Kier molecular flexibility index (Phi) is 9.09. The van der Waals surface area contributed by atoms with E-state index in [0.29, 0.717) is 13.3 Å². The van der Waals surface area contributed by atoms with Crippen LogP contribution in [-0.2, 0) is 19.4 Å². The largest absolute Gasteiger partial charge is 0.497 e. The van der Waals surface area contributed by atoms with E-state index in [-0.39, 0.29) is 24.0 Å². The number of aliphatic imine (C=N–C) groups is 1. The zero-order chi connectivity index (χ0) is 21.3. The second-order valence-electron chi connectivity index (χ2n) is 7.13. The van der Waals surface area contributed by atoms with Crippen LogP contribution < -0.4 is 24.8 Å². The summed E-state index contributed by atoms with van der Waals surface area (Å²) < 4.78 is 21.5. The summed E-state index contributed by atoms with van der Waals surface area (Å²) in [6.45, 7) is 2.34. The Hall–Kier alpha value is -2.88. The number of guanidine groups is 1. The van der Waals surface area contributed by atoms with Crippen LogP contribution in [0.15, 0.2) is 70.3 Å². The van der Waals surface area contributed by atoms with E-state index in [1.54, 1.807) is 13.4 Å². The smallest absolute Gasteiger partial charge is 0.231 e. The third-order valence-electron chi connectivity index (χ3n) is 4.97. The second-order valence-corrected chi connectivity index (χ2v) is 7.13. The molecule has 0 amide bonds. The topological polar surface area (TPSA) is 77.2 Å². The molecular formula is C24H28IN3O4. The first kappa shape index (κ1) is 23.8. The molecule has 0 unspecified atom stereocenters. The van der Waals surface area contributed by atoms with Crippen molar-refractivity contribution < 1.29 is 18.6 Å². The van der Waals surface area contributed by atoms with Crippen molar-refractivity contribution in [2.75, 3.05) is 27.0 Å². The molecule has 0 atom stereocenters. The average molecular weight is 549 g/mol.